The molecular weight excluding hydrogens is 318 g/mol. The van der Waals surface area contributed by atoms with Crippen LogP contribution in [0.25, 0.3) is 11.5 Å². The monoisotopic (exact) mass is 334 g/mol. The zero-order chi connectivity index (χ0) is 16.2. The van der Waals surface area contributed by atoms with Crippen molar-refractivity contribution < 1.29 is 13.2 Å². The molecule has 0 fully saturated rings. The molecule has 0 aliphatic carbocycles. The second kappa shape index (κ2) is 6.91. The number of hydrogen-bond donors (Lipinski definition) is 0. The Morgan fingerprint density at radius 1 is 1.26 bits per heavy atom. The van der Waals surface area contributed by atoms with E-state index in [1.165, 1.54) is 23.5 Å². The van der Waals surface area contributed by atoms with Crippen LogP contribution in [0.1, 0.15) is 19.8 Å². The van der Waals surface area contributed by atoms with Gasteiger partial charge in [-0.25, -0.2) is 13.8 Å². The predicted molar refractivity (Wildman–Crippen MR) is 86.5 cm³/mol. The highest BCUT2D eigenvalue weighted by Crippen LogP contribution is 2.23. The van der Waals surface area contributed by atoms with E-state index in [0.29, 0.717) is 4.80 Å². The lowest BCUT2D eigenvalue weighted by molar-refractivity contribution is 0.561. The van der Waals surface area contributed by atoms with Crippen LogP contribution in [0, 0.1) is 11.6 Å². The fourth-order valence-corrected chi connectivity index (χ4v) is 3.18. The molecular formula is C17H16F2N2OS. The molecule has 0 aliphatic rings. The molecule has 0 N–H and O–H groups in total. The summed E-state index contributed by atoms with van der Waals surface area (Å²) in [5.41, 5.74) is 1.04. The van der Waals surface area contributed by atoms with E-state index in [0.717, 1.165) is 36.9 Å². The third-order valence-electron chi connectivity index (χ3n) is 3.43. The number of unbranched alkanes of at least 4 members (excludes halogenated alkanes) is 1. The highest BCUT2D eigenvalue weighted by molar-refractivity contribution is 7.07. The second-order valence-electron chi connectivity index (χ2n) is 5.09. The smallest absolute Gasteiger partial charge is 0.190 e. The van der Waals surface area contributed by atoms with Crippen molar-refractivity contribution in [3.63, 3.8) is 0 Å². The molecule has 2 heterocycles. The zero-order valence-corrected chi connectivity index (χ0v) is 13.4. The Morgan fingerprint density at radius 2 is 2.13 bits per heavy atom. The Bertz CT molecular complexity index is 850. The molecule has 0 radical (unpaired) electrons. The Hall–Kier alpha value is -2.21. The van der Waals surface area contributed by atoms with Crippen molar-refractivity contribution in [3.8, 4) is 11.5 Å². The van der Waals surface area contributed by atoms with Crippen LogP contribution >= 0.6 is 11.3 Å². The van der Waals surface area contributed by atoms with E-state index in [-0.39, 0.29) is 5.69 Å². The third-order valence-corrected chi connectivity index (χ3v) is 4.30. The average Bonchev–Trinajstić information content (AvgIpc) is 3.17. The molecule has 3 aromatic rings. The van der Waals surface area contributed by atoms with Crippen LogP contribution in [0.5, 0.6) is 0 Å². The molecule has 0 aliphatic heterocycles. The van der Waals surface area contributed by atoms with Gasteiger partial charge < -0.3 is 8.98 Å². The van der Waals surface area contributed by atoms with Crippen molar-refractivity contribution in [3.05, 3.63) is 58.4 Å². The molecule has 1 aromatic carbocycles. The number of rotatable bonds is 5. The summed E-state index contributed by atoms with van der Waals surface area (Å²) in [6, 6.07) is 7.11. The summed E-state index contributed by atoms with van der Waals surface area (Å²) < 4.78 is 34.3. The topological polar surface area (TPSA) is 30.4 Å². The van der Waals surface area contributed by atoms with Gasteiger partial charge in [0.05, 0.1) is 12.0 Å². The first-order chi connectivity index (χ1) is 11.2. The lowest BCUT2D eigenvalue weighted by Crippen LogP contribution is -2.15. The molecule has 120 valence electrons. The maximum absolute atomic E-state index is 13.8. The SMILES string of the molecule is CCCCn1c(-c2ccco2)csc1=Nc1ccc(F)cc1F. The van der Waals surface area contributed by atoms with Gasteiger partial charge in [0.2, 0.25) is 0 Å². The lowest BCUT2D eigenvalue weighted by atomic mass is 10.3. The molecule has 3 nitrogen and oxygen atoms in total. The molecule has 0 bridgehead atoms. The normalized spacial score (nSPS) is 12.0. The first-order valence-electron chi connectivity index (χ1n) is 7.41. The van der Waals surface area contributed by atoms with Gasteiger partial charge in [-0.2, -0.15) is 0 Å². The van der Waals surface area contributed by atoms with E-state index in [1.807, 2.05) is 22.1 Å². The van der Waals surface area contributed by atoms with Crippen molar-refractivity contribution in [1.82, 2.24) is 4.57 Å². The van der Waals surface area contributed by atoms with E-state index >= 15 is 0 Å². The molecule has 3 rings (SSSR count). The summed E-state index contributed by atoms with van der Waals surface area (Å²) >= 11 is 1.41. The number of halogens is 2. The van der Waals surface area contributed by atoms with Gasteiger partial charge in [0.1, 0.15) is 11.5 Å². The fraction of sp³-hybridized carbons (Fsp3) is 0.235. The van der Waals surface area contributed by atoms with Crippen LogP contribution in [-0.2, 0) is 6.54 Å². The number of aromatic nitrogens is 1. The zero-order valence-electron chi connectivity index (χ0n) is 12.6. The van der Waals surface area contributed by atoms with Gasteiger partial charge in [0.15, 0.2) is 16.4 Å². The third kappa shape index (κ3) is 3.42. The van der Waals surface area contributed by atoms with E-state index in [1.54, 1.807) is 6.26 Å². The van der Waals surface area contributed by atoms with Crippen LogP contribution in [-0.4, -0.2) is 4.57 Å². The van der Waals surface area contributed by atoms with Crippen molar-refractivity contribution in [2.75, 3.05) is 0 Å². The molecule has 23 heavy (non-hydrogen) atoms. The quantitative estimate of drug-likeness (QED) is 0.637. The number of nitrogens with zero attached hydrogens (tertiary/aromatic N) is 2. The minimum atomic E-state index is -0.667. The van der Waals surface area contributed by atoms with Gasteiger partial charge in [0.25, 0.3) is 0 Å². The first kappa shape index (κ1) is 15.7. The molecule has 0 amide bonds. The van der Waals surface area contributed by atoms with Crippen molar-refractivity contribution in [2.45, 2.75) is 26.3 Å². The summed E-state index contributed by atoms with van der Waals surface area (Å²) in [7, 11) is 0. The predicted octanol–water partition coefficient (Wildman–Crippen LogP) is 5.12. The van der Waals surface area contributed by atoms with E-state index in [4.69, 9.17) is 4.42 Å². The summed E-state index contributed by atoms with van der Waals surface area (Å²) in [5, 5.41) is 1.94. The molecule has 6 heteroatoms. The van der Waals surface area contributed by atoms with Crippen LogP contribution in [0.4, 0.5) is 14.5 Å². The molecule has 0 spiro atoms. The molecule has 0 atom stereocenters. The van der Waals surface area contributed by atoms with Crippen LogP contribution in [0.15, 0.2) is 51.4 Å². The maximum Gasteiger partial charge on any atom is 0.190 e. The Labute approximate surface area is 136 Å². The van der Waals surface area contributed by atoms with Gasteiger partial charge in [0, 0.05) is 18.0 Å². The minimum Gasteiger partial charge on any atom is -0.463 e. The van der Waals surface area contributed by atoms with Gasteiger partial charge in [-0.1, -0.05) is 13.3 Å². The molecule has 0 saturated heterocycles. The highest BCUT2D eigenvalue weighted by Gasteiger charge is 2.11. The minimum absolute atomic E-state index is 0.129. The van der Waals surface area contributed by atoms with Gasteiger partial charge >= 0.3 is 0 Å². The summed E-state index contributed by atoms with van der Waals surface area (Å²) in [4.78, 5) is 5.03. The Kier molecular flexibility index (Phi) is 4.71. The number of thiazole rings is 1. The van der Waals surface area contributed by atoms with Crippen molar-refractivity contribution in [2.24, 2.45) is 4.99 Å². The molecule has 2 aromatic heterocycles. The summed E-state index contributed by atoms with van der Waals surface area (Å²) in [6.07, 6.45) is 3.63. The van der Waals surface area contributed by atoms with Crippen molar-refractivity contribution in [1.29, 1.82) is 0 Å². The number of hydrogen-bond acceptors (Lipinski definition) is 3. The first-order valence-corrected chi connectivity index (χ1v) is 8.29. The van der Waals surface area contributed by atoms with Crippen LogP contribution in [0.2, 0.25) is 0 Å². The van der Waals surface area contributed by atoms with E-state index < -0.39 is 11.6 Å². The van der Waals surface area contributed by atoms with Gasteiger partial charge in [-0.3, -0.25) is 0 Å². The van der Waals surface area contributed by atoms with E-state index in [2.05, 4.69) is 11.9 Å². The van der Waals surface area contributed by atoms with Crippen molar-refractivity contribution >= 4 is 17.0 Å². The summed E-state index contributed by atoms with van der Waals surface area (Å²) in [6.45, 7) is 2.87. The summed E-state index contributed by atoms with van der Waals surface area (Å²) in [5.74, 6) is -0.527. The Balaban J connectivity index is 2.09. The Morgan fingerprint density at radius 3 is 2.83 bits per heavy atom. The van der Waals surface area contributed by atoms with Gasteiger partial charge in [-0.05, 0) is 30.7 Å². The number of furan rings is 1. The largest absolute Gasteiger partial charge is 0.463 e. The lowest BCUT2D eigenvalue weighted by Gasteiger charge is -2.06. The fourth-order valence-electron chi connectivity index (χ4n) is 2.25. The standard InChI is InChI=1S/C17H16F2N2OS/c1-2-3-8-21-15(16-5-4-9-22-16)11-23-17(21)20-14-7-6-12(18)10-13(14)19/h4-7,9-11H,2-3,8H2,1H3. The van der Waals surface area contributed by atoms with Gasteiger partial charge in [-0.15, -0.1) is 11.3 Å². The molecule has 0 unspecified atom stereocenters. The maximum atomic E-state index is 13.8. The average molecular weight is 334 g/mol. The number of benzene rings is 1. The van der Waals surface area contributed by atoms with E-state index in [9.17, 15) is 8.78 Å². The highest BCUT2D eigenvalue weighted by atomic mass is 32.1. The second-order valence-corrected chi connectivity index (χ2v) is 5.93. The van der Waals surface area contributed by atoms with Crippen LogP contribution < -0.4 is 4.80 Å². The van der Waals surface area contributed by atoms with Crippen LogP contribution in [0.3, 0.4) is 0 Å². The molecule has 0 saturated carbocycles.